The van der Waals surface area contributed by atoms with Gasteiger partial charge in [0.15, 0.2) is 11.0 Å². The molecule has 3 aromatic carbocycles. The summed E-state index contributed by atoms with van der Waals surface area (Å²) in [4.78, 5) is 15.2. The highest BCUT2D eigenvalue weighted by Crippen LogP contribution is 2.36. The molecule has 0 spiro atoms. The first-order valence-corrected chi connectivity index (χ1v) is 16.3. The second-order valence-corrected chi connectivity index (χ2v) is 13.3. The fraction of sp³-hybridized carbons (Fsp3) is 0.300. The minimum atomic E-state index is -4.60. The molecule has 14 heteroatoms. The Bertz CT molecular complexity index is 1810. The second-order valence-electron chi connectivity index (χ2n) is 10.5. The molecule has 0 radical (unpaired) electrons. The molecule has 44 heavy (non-hydrogen) atoms. The van der Waals surface area contributed by atoms with Crippen LogP contribution in [0.25, 0.3) is 17.1 Å². The van der Waals surface area contributed by atoms with E-state index in [1.165, 1.54) is 33.1 Å². The molecule has 0 saturated carbocycles. The molecular weight excluding hydrogens is 615 g/mol. The van der Waals surface area contributed by atoms with Gasteiger partial charge in [0, 0.05) is 30.4 Å². The molecule has 2 aliphatic heterocycles. The zero-order valence-corrected chi connectivity index (χ0v) is 25.2. The lowest BCUT2D eigenvalue weighted by atomic mass is 10.1. The van der Waals surface area contributed by atoms with E-state index in [1.54, 1.807) is 17.0 Å². The number of anilines is 1. The molecule has 1 atom stereocenters. The summed E-state index contributed by atoms with van der Waals surface area (Å²) in [7, 11) is -3.86. The lowest BCUT2D eigenvalue weighted by Crippen LogP contribution is -2.40. The molecular formula is C30H28F3N5O4S2. The molecule has 6 rings (SSSR count). The van der Waals surface area contributed by atoms with Crippen LogP contribution < -0.4 is 4.90 Å². The molecule has 0 N–H and O–H groups in total. The number of sulfonamides is 1. The largest absolute Gasteiger partial charge is 0.416 e. The quantitative estimate of drug-likeness (QED) is 0.260. The third kappa shape index (κ3) is 5.86. The third-order valence-corrected chi connectivity index (χ3v) is 10.4. The standard InChI is InChI=1S/C30H28F3N5O4S2/c1-20-16-21-6-2-3-11-26(21)37(20)27(39)19-43-29-35-34-28(38(29)24-9-5-8-23(18-24)30(31,32)33)22-7-4-10-25(17-22)44(40,41)36-12-14-42-15-13-36/h2-11,17-18,20H,12-16,19H2,1H3/t20-/m0/s1. The van der Waals surface area contributed by atoms with Crippen LogP contribution in [0.15, 0.2) is 82.8 Å². The lowest BCUT2D eigenvalue weighted by molar-refractivity contribution is -0.137. The predicted octanol–water partition coefficient (Wildman–Crippen LogP) is 5.04. The number of ether oxygens (including phenoxy) is 1. The summed E-state index contributed by atoms with van der Waals surface area (Å²) in [6.45, 7) is 2.95. The number of hydrogen-bond acceptors (Lipinski definition) is 7. The molecule has 0 unspecified atom stereocenters. The Labute approximate surface area is 256 Å². The van der Waals surface area contributed by atoms with E-state index >= 15 is 0 Å². The van der Waals surface area contributed by atoms with E-state index in [0.717, 1.165) is 41.6 Å². The van der Waals surface area contributed by atoms with Crippen LogP contribution in [0.1, 0.15) is 18.1 Å². The van der Waals surface area contributed by atoms with E-state index in [1.807, 2.05) is 31.2 Å². The van der Waals surface area contributed by atoms with E-state index in [9.17, 15) is 26.4 Å². The Balaban J connectivity index is 1.37. The highest BCUT2D eigenvalue weighted by atomic mass is 32.2. The van der Waals surface area contributed by atoms with Crippen molar-refractivity contribution in [3.63, 3.8) is 0 Å². The Morgan fingerprint density at radius 2 is 1.75 bits per heavy atom. The number of halogens is 3. The number of fused-ring (bicyclic) bond motifs is 1. The summed E-state index contributed by atoms with van der Waals surface area (Å²) < 4.78 is 75.9. The highest BCUT2D eigenvalue weighted by Gasteiger charge is 2.33. The van der Waals surface area contributed by atoms with Crippen LogP contribution in [-0.2, 0) is 32.2 Å². The molecule has 1 fully saturated rings. The maximum Gasteiger partial charge on any atom is 0.416 e. The first kappa shape index (κ1) is 30.3. The summed E-state index contributed by atoms with van der Waals surface area (Å²) >= 11 is 1.05. The summed E-state index contributed by atoms with van der Waals surface area (Å²) in [6, 6.07) is 18.4. The lowest BCUT2D eigenvalue weighted by Gasteiger charge is -2.26. The summed E-state index contributed by atoms with van der Waals surface area (Å²) in [5.41, 5.74) is 1.50. The number of nitrogens with zero attached hydrogens (tertiary/aromatic N) is 5. The first-order valence-electron chi connectivity index (χ1n) is 13.9. The SMILES string of the molecule is C[C@H]1Cc2ccccc2N1C(=O)CSc1nnc(-c2cccc(S(=O)(=O)N3CCOCC3)c2)n1-c1cccc(C(F)(F)F)c1. The van der Waals surface area contributed by atoms with Crippen molar-refractivity contribution in [1.29, 1.82) is 0 Å². The number of thioether (sulfide) groups is 1. The summed E-state index contributed by atoms with van der Waals surface area (Å²) in [5.74, 6) is -0.0781. The minimum absolute atomic E-state index is 0.0153. The van der Waals surface area contributed by atoms with Crippen molar-refractivity contribution in [3.8, 4) is 17.1 Å². The van der Waals surface area contributed by atoms with Crippen molar-refractivity contribution < 1.29 is 31.1 Å². The number of benzene rings is 3. The molecule has 1 saturated heterocycles. The maximum atomic E-state index is 13.7. The molecule has 9 nitrogen and oxygen atoms in total. The van der Waals surface area contributed by atoms with Gasteiger partial charge in [-0.25, -0.2) is 8.42 Å². The van der Waals surface area contributed by atoms with E-state index in [4.69, 9.17) is 4.74 Å². The van der Waals surface area contributed by atoms with Crippen LogP contribution >= 0.6 is 11.8 Å². The maximum absolute atomic E-state index is 13.7. The van der Waals surface area contributed by atoms with Crippen molar-refractivity contribution in [2.24, 2.45) is 0 Å². The van der Waals surface area contributed by atoms with Crippen LogP contribution in [0.3, 0.4) is 0 Å². The van der Waals surface area contributed by atoms with Crippen LogP contribution in [0.5, 0.6) is 0 Å². The van der Waals surface area contributed by atoms with E-state index < -0.39 is 21.8 Å². The second kappa shape index (κ2) is 12.0. The molecule has 230 valence electrons. The van der Waals surface area contributed by atoms with Gasteiger partial charge < -0.3 is 9.64 Å². The number of carbonyl (C=O) groups is 1. The fourth-order valence-electron chi connectivity index (χ4n) is 5.48. The number of hydrogen-bond donors (Lipinski definition) is 0. The number of amides is 1. The number of alkyl halides is 3. The van der Waals surface area contributed by atoms with Crippen LogP contribution in [0, 0.1) is 0 Å². The van der Waals surface area contributed by atoms with Gasteiger partial charge in [0.25, 0.3) is 0 Å². The molecule has 1 amide bonds. The third-order valence-electron chi connectivity index (χ3n) is 7.57. The van der Waals surface area contributed by atoms with Gasteiger partial charge in [-0.05, 0) is 55.3 Å². The van der Waals surface area contributed by atoms with Crippen molar-refractivity contribution >= 4 is 33.4 Å². The number of para-hydroxylation sites is 1. The van der Waals surface area contributed by atoms with Gasteiger partial charge in [-0.15, -0.1) is 10.2 Å². The van der Waals surface area contributed by atoms with Gasteiger partial charge in [-0.3, -0.25) is 9.36 Å². The van der Waals surface area contributed by atoms with E-state index in [-0.39, 0.29) is 65.6 Å². The zero-order valence-electron chi connectivity index (χ0n) is 23.6. The molecule has 3 heterocycles. The van der Waals surface area contributed by atoms with Crippen LogP contribution in [0.2, 0.25) is 0 Å². The van der Waals surface area contributed by atoms with E-state index in [0.29, 0.717) is 5.56 Å². The first-order chi connectivity index (χ1) is 21.0. The van der Waals surface area contributed by atoms with Gasteiger partial charge in [0.05, 0.1) is 35.1 Å². The van der Waals surface area contributed by atoms with E-state index in [2.05, 4.69) is 10.2 Å². The summed E-state index contributed by atoms with van der Waals surface area (Å²) in [5, 5.41) is 8.72. The average Bonchev–Trinajstić information content (AvgIpc) is 3.60. The van der Waals surface area contributed by atoms with Crippen molar-refractivity contribution in [3.05, 3.63) is 83.9 Å². The number of morpholine rings is 1. The molecule has 0 aliphatic carbocycles. The Hall–Kier alpha value is -3.72. The average molecular weight is 644 g/mol. The Morgan fingerprint density at radius 3 is 2.52 bits per heavy atom. The smallest absolute Gasteiger partial charge is 0.379 e. The van der Waals surface area contributed by atoms with Crippen molar-refractivity contribution in [2.45, 2.75) is 35.6 Å². The summed E-state index contributed by atoms with van der Waals surface area (Å²) in [6.07, 6.45) is -3.88. The number of carbonyl (C=O) groups excluding carboxylic acids is 1. The highest BCUT2D eigenvalue weighted by molar-refractivity contribution is 7.99. The molecule has 4 aromatic rings. The number of rotatable bonds is 7. The normalized spacial score (nSPS) is 17.5. The molecule has 2 aliphatic rings. The topological polar surface area (TPSA) is 97.6 Å². The van der Waals surface area contributed by atoms with Crippen LogP contribution in [0.4, 0.5) is 18.9 Å². The van der Waals surface area contributed by atoms with Gasteiger partial charge >= 0.3 is 6.18 Å². The van der Waals surface area contributed by atoms with Crippen LogP contribution in [-0.4, -0.2) is 71.5 Å². The molecule has 1 aromatic heterocycles. The van der Waals surface area contributed by atoms with Gasteiger partial charge in [0.2, 0.25) is 15.9 Å². The Morgan fingerprint density at radius 1 is 1.00 bits per heavy atom. The zero-order chi connectivity index (χ0) is 31.1. The predicted molar refractivity (Wildman–Crippen MR) is 159 cm³/mol. The number of aromatic nitrogens is 3. The Kier molecular flexibility index (Phi) is 8.26. The van der Waals surface area contributed by atoms with Gasteiger partial charge in [-0.2, -0.15) is 17.5 Å². The minimum Gasteiger partial charge on any atom is -0.379 e. The van der Waals surface area contributed by atoms with Gasteiger partial charge in [-0.1, -0.05) is 48.2 Å². The monoisotopic (exact) mass is 643 g/mol. The van der Waals surface area contributed by atoms with Crippen molar-refractivity contribution in [2.75, 3.05) is 37.0 Å². The molecule has 0 bridgehead atoms. The fourth-order valence-corrected chi connectivity index (χ4v) is 7.74. The van der Waals surface area contributed by atoms with Crippen molar-refractivity contribution in [1.82, 2.24) is 19.1 Å². The van der Waals surface area contributed by atoms with Gasteiger partial charge in [0.1, 0.15) is 0 Å².